The fraction of sp³-hybridized carbons (Fsp3) is 0. The minimum Gasteiger partial charge on any atom is -0.478 e. The summed E-state index contributed by atoms with van der Waals surface area (Å²) in [5, 5.41) is 14.9. The predicted octanol–water partition coefficient (Wildman–Crippen LogP) is 0.428. The lowest BCUT2D eigenvalue weighted by Crippen LogP contribution is -2.00. The molecule has 11 heavy (non-hydrogen) atoms. The molecule has 3 N–H and O–H groups in total. The molecule has 0 radical (unpaired) electrons. The first-order valence-electron chi connectivity index (χ1n) is 2.59. The van der Waals surface area contributed by atoms with Crippen molar-refractivity contribution in [1.29, 1.82) is 0 Å². The van der Waals surface area contributed by atoms with Gasteiger partial charge in [0.1, 0.15) is 15.2 Å². The lowest BCUT2D eigenvalue weighted by atomic mass is 10.4. The van der Waals surface area contributed by atoms with Crippen molar-refractivity contribution in [2.24, 2.45) is 5.14 Å². The molecule has 0 spiro atoms. The third-order valence-corrected chi connectivity index (χ3v) is 3.04. The summed E-state index contributed by atoms with van der Waals surface area (Å²) in [7, 11) is -1.57. The number of carbonyl (C=O) groups is 1. The van der Waals surface area contributed by atoms with Crippen molar-refractivity contribution in [2.75, 3.05) is 0 Å². The van der Waals surface area contributed by atoms with E-state index in [1.165, 1.54) is 11.4 Å². The Bertz CT molecular complexity index is 278. The molecule has 1 atom stereocenters. The van der Waals surface area contributed by atoms with E-state index in [0.717, 1.165) is 11.3 Å². The van der Waals surface area contributed by atoms with Gasteiger partial charge >= 0.3 is 5.97 Å². The van der Waals surface area contributed by atoms with Gasteiger partial charge in [-0.3, -0.25) is 0 Å². The van der Waals surface area contributed by atoms with Gasteiger partial charge in [0.2, 0.25) is 0 Å². The van der Waals surface area contributed by atoms with Crippen molar-refractivity contribution in [2.45, 2.75) is 4.21 Å². The van der Waals surface area contributed by atoms with E-state index < -0.39 is 17.0 Å². The number of aromatic carboxylic acids is 1. The molecule has 0 saturated heterocycles. The van der Waals surface area contributed by atoms with Crippen LogP contribution in [0, 0.1) is 0 Å². The highest BCUT2D eigenvalue weighted by Crippen LogP contribution is 2.16. The Balaban J connectivity index is 2.99. The number of hydrogen-bond acceptors (Lipinski definition) is 3. The van der Waals surface area contributed by atoms with E-state index in [0.29, 0.717) is 4.21 Å². The highest BCUT2D eigenvalue weighted by Gasteiger charge is 2.08. The van der Waals surface area contributed by atoms with Crippen LogP contribution < -0.4 is 5.14 Å². The van der Waals surface area contributed by atoms with Crippen molar-refractivity contribution in [1.82, 2.24) is 0 Å². The summed E-state index contributed by atoms with van der Waals surface area (Å²) in [6, 6.07) is 1.31. The summed E-state index contributed by atoms with van der Waals surface area (Å²) in [6.45, 7) is 0. The monoisotopic (exact) mass is 191 g/mol. The summed E-state index contributed by atoms with van der Waals surface area (Å²) in [4.78, 5) is 10.3. The molecule has 1 aromatic rings. The van der Waals surface area contributed by atoms with Crippen LogP contribution in [0.4, 0.5) is 0 Å². The quantitative estimate of drug-likeness (QED) is 0.711. The molecule has 1 unspecified atom stereocenters. The SMILES string of the molecule is NS(=O)c1cc(C(=O)O)cs1. The number of carboxylic acid groups (broad SMARTS) is 1. The molecule has 0 aromatic carbocycles. The molecule has 0 aliphatic carbocycles. The fourth-order valence-electron chi connectivity index (χ4n) is 0.534. The Labute approximate surface area is 69.2 Å². The van der Waals surface area contributed by atoms with E-state index >= 15 is 0 Å². The molecule has 0 saturated carbocycles. The van der Waals surface area contributed by atoms with Crippen molar-refractivity contribution in [3.05, 3.63) is 17.0 Å². The van der Waals surface area contributed by atoms with E-state index in [1.54, 1.807) is 0 Å². The fourth-order valence-corrected chi connectivity index (χ4v) is 1.91. The molecule has 0 amide bonds. The average molecular weight is 191 g/mol. The molecule has 1 heterocycles. The number of nitrogens with two attached hydrogens (primary N) is 1. The summed E-state index contributed by atoms with van der Waals surface area (Å²) >= 11 is 1.08. The molecule has 6 heteroatoms. The van der Waals surface area contributed by atoms with Gasteiger partial charge in [-0.15, -0.1) is 11.3 Å². The standard InChI is InChI=1S/C5H5NO3S2/c6-11(9)4-1-3(2-10-4)5(7)8/h1-2H,6H2,(H,7,8). The smallest absolute Gasteiger partial charge is 0.336 e. The van der Waals surface area contributed by atoms with Gasteiger partial charge in [0.25, 0.3) is 0 Å². The highest BCUT2D eigenvalue weighted by molar-refractivity contribution is 7.85. The van der Waals surface area contributed by atoms with Gasteiger partial charge in [-0.2, -0.15) is 0 Å². The third-order valence-electron chi connectivity index (χ3n) is 1.02. The van der Waals surface area contributed by atoms with Crippen LogP contribution in [0.15, 0.2) is 15.7 Å². The summed E-state index contributed by atoms with van der Waals surface area (Å²) in [5.74, 6) is -1.03. The van der Waals surface area contributed by atoms with Crippen LogP contribution in [0.2, 0.25) is 0 Å². The Hall–Kier alpha value is -0.720. The van der Waals surface area contributed by atoms with E-state index in [2.05, 4.69) is 0 Å². The van der Waals surface area contributed by atoms with E-state index in [4.69, 9.17) is 10.2 Å². The van der Waals surface area contributed by atoms with Crippen molar-refractivity contribution < 1.29 is 14.1 Å². The zero-order valence-corrected chi connectivity index (χ0v) is 6.95. The molecule has 0 aliphatic rings. The maximum atomic E-state index is 10.6. The Kier molecular flexibility index (Phi) is 2.38. The zero-order valence-electron chi connectivity index (χ0n) is 5.31. The average Bonchev–Trinajstić information content (AvgIpc) is 2.33. The number of carboxylic acids is 1. The van der Waals surface area contributed by atoms with E-state index in [1.807, 2.05) is 0 Å². The van der Waals surface area contributed by atoms with Crippen LogP contribution in [0.25, 0.3) is 0 Å². The maximum absolute atomic E-state index is 10.6. The van der Waals surface area contributed by atoms with Crippen LogP contribution in [-0.2, 0) is 11.0 Å². The Morgan fingerprint density at radius 1 is 1.73 bits per heavy atom. The molecule has 4 nitrogen and oxygen atoms in total. The molecule has 60 valence electrons. The van der Waals surface area contributed by atoms with Crippen molar-refractivity contribution in [3.8, 4) is 0 Å². The van der Waals surface area contributed by atoms with Crippen molar-refractivity contribution >= 4 is 28.3 Å². The number of hydrogen-bond donors (Lipinski definition) is 2. The Morgan fingerprint density at radius 3 is 2.64 bits per heavy atom. The minimum atomic E-state index is -1.57. The molecule has 0 aliphatic heterocycles. The normalized spacial score (nSPS) is 12.8. The molecule has 1 rings (SSSR count). The molecule has 0 bridgehead atoms. The van der Waals surface area contributed by atoms with E-state index in [9.17, 15) is 9.00 Å². The Morgan fingerprint density at radius 2 is 2.36 bits per heavy atom. The number of rotatable bonds is 2. The van der Waals surface area contributed by atoms with Gasteiger partial charge in [0.15, 0.2) is 0 Å². The molecule has 0 fully saturated rings. The first-order valence-corrected chi connectivity index (χ1v) is 4.68. The molecular weight excluding hydrogens is 186 g/mol. The highest BCUT2D eigenvalue weighted by atomic mass is 32.2. The second-order valence-electron chi connectivity index (χ2n) is 1.76. The van der Waals surface area contributed by atoms with Crippen LogP contribution in [0.5, 0.6) is 0 Å². The van der Waals surface area contributed by atoms with Gasteiger partial charge in [-0.05, 0) is 6.07 Å². The summed E-state index contributed by atoms with van der Waals surface area (Å²) in [5.41, 5.74) is 0.129. The predicted molar refractivity (Wildman–Crippen MR) is 41.9 cm³/mol. The first kappa shape index (κ1) is 8.38. The zero-order chi connectivity index (χ0) is 8.43. The topological polar surface area (TPSA) is 80.4 Å². The lowest BCUT2D eigenvalue weighted by Gasteiger charge is -1.84. The maximum Gasteiger partial charge on any atom is 0.336 e. The van der Waals surface area contributed by atoms with Crippen LogP contribution in [-0.4, -0.2) is 15.3 Å². The first-order chi connectivity index (χ1) is 5.11. The summed E-state index contributed by atoms with van der Waals surface area (Å²) in [6.07, 6.45) is 0. The van der Waals surface area contributed by atoms with Gasteiger partial charge in [0, 0.05) is 5.38 Å². The van der Waals surface area contributed by atoms with Crippen LogP contribution in [0.1, 0.15) is 10.4 Å². The number of thiophene rings is 1. The lowest BCUT2D eigenvalue weighted by molar-refractivity contribution is 0.0697. The van der Waals surface area contributed by atoms with Gasteiger partial charge < -0.3 is 5.11 Å². The minimum absolute atomic E-state index is 0.129. The van der Waals surface area contributed by atoms with Crippen LogP contribution >= 0.6 is 11.3 Å². The summed E-state index contributed by atoms with van der Waals surface area (Å²) < 4.78 is 11.0. The second kappa shape index (κ2) is 3.12. The van der Waals surface area contributed by atoms with Gasteiger partial charge in [-0.1, -0.05) is 0 Å². The van der Waals surface area contributed by atoms with Gasteiger partial charge in [0.05, 0.1) is 5.56 Å². The van der Waals surface area contributed by atoms with Gasteiger partial charge in [-0.25, -0.2) is 14.1 Å². The third kappa shape index (κ3) is 1.86. The van der Waals surface area contributed by atoms with E-state index in [-0.39, 0.29) is 5.56 Å². The second-order valence-corrected chi connectivity index (χ2v) is 3.96. The van der Waals surface area contributed by atoms with Crippen LogP contribution in [0.3, 0.4) is 0 Å². The molecular formula is C5H5NO3S2. The largest absolute Gasteiger partial charge is 0.478 e. The molecule has 1 aromatic heterocycles. The van der Waals surface area contributed by atoms with Crippen molar-refractivity contribution in [3.63, 3.8) is 0 Å².